The minimum Gasteiger partial charge on any atom is -0.383 e. The minimum atomic E-state index is -0.428. The summed E-state index contributed by atoms with van der Waals surface area (Å²) >= 11 is 0. The Labute approximate surface area is 245 Å². The molecule has 40 heavy (non-hydrogen) atoms. The number of primary amides is 1. The highest BCUT2D eigenvalue weighted by Crippen LogP contribution is 2.44. The molecule has 1 amide bonds. The maximum absolute atomic E-state index is 11.8. The lowest BCUT2D eigenvalue weighted by molar-refractivity contribution is -0.114. The number of rotatable bonds is 20. The number of carbonyl (C=O) groups is 1. The average Bonchev–Trinajstić information content (AvgIpc) is 3.53. The van der Waals surface area contributed by atoms with E-state index in [1.54, 1.807) is 7.11 Å². The van der Waals surface area contributed by atoms with Gasteiger partial charge in [0.05, 0.1) is 30.6 Å². The number of amides is 1. The number of hydrogen-bond acceptors (Lipinski definition) is 6. The Balaban J connectivity index is 1.89. The predicted octanol–water partition coefficient (Wildman–Crippen LogP) is 5.29. The van der Waals surface area contributed by atoms with Crippen molar-refractivity contribution in [2.24, 2.45) is 34.8 Å². The van der Waals surface area contributed by atoms with Crippen LogP contribution in [0.15, 0.2) is 49.1 Å². The van der Waals surface area contributed by atoms with Crippen molar-refractivity contribution in [1.29, 1.82) is 0 Å². The normalized spacial score (nSPS) is 21.0. The molecule has 0 aromatic heterocycles. The third kappa shape index (κ3) is 10.9. The van der Waals surface area contributed by atoms with Crippen LogP contribution < -0.4 is 21.7 Å². The van der Waals surface area contributed by atoms with Gasteiger partial charge in [0.15, 0.2) is 0 Å². The van der Waals surface area contributed by atoms with E-state index < -0.39 is 5.91 Å². The summed E-state index contributed by atoms with van der Waals surface area (Å²) in [4.78, 5) is 14.1. The number of hydrogen-bond donors (Lipinski definition) is 4. The maximum atomic E-state index is 11.8. The zero-order chi connectivity index (χ0) is 30.2. The molecular weight excluding hydrogens is 498 g/mol. The minimum absolute atomic E-state index is 0.0284. The lowest BCUT2D eigenvalue weighted by Crippen LogP contribution is -2.49. The first-order valence-electron chi connectivity index (χ1n) is 15.2. The average molecular weight is 558 g/mol. The molecule has 7 nitrogen and oxygen atoms in total. The van der Waals surface area contributed by atoms with Gasteiger partial charge in [0.25, 0.3) is 0 Å². The van der Waals surface area contributed by atoms with E-state index in [4.69, 9.17) is 10.5 Å². The summed E-state index contributed by atoms with van der Waals surface area (Å²) < 4.78 is 5.43. The van der Waals surface area contributed by atoms with Crippen LogP contribution in [0.1, 0.15) is 79.6 Å². The van der Waals surface area contributed by atoms with Gasteiger partial charge < -0.3 is 31.3 Å². The fourth-order valence-corrected chi connectivity index (χ4v) is 5.82. The van der Waals surface area contributed by atoms with Gasteiger partial charge in [-0.1, -0.05) is 80.2 Å². The maximum Gasteiger partial charge on any atom is 0.246 e. The van der Waals surface area contributed by atoms with E-state index in [1.165, 1.54) is 19.3 Å². The lowest BCUT2D eigenvalue weighted by atomic mass is 9.79. The zero-order valence-electron chi connectivity index (χ0n) is 26.6. The number of likely N-dealkylation sites (N-methyl/N-ethyl adjacent to an activating group) is 1. The molecule has 0 bridgehead atoms. The molecule has 2 fully saturated rings. The summed E-state index contributed by atoms with van der Waals surface area (Å²) in [6.07, 6.45) is 7.69. The Kier molecular flexibility index (Phi) is 12.7. The first-order valence-corrected chi connectivity index (χ1v) is 15.2. The number of ether oxygens (including phenoxy) is 1. The fourth-order valence-electron chi connectivity index (χ4n) is 5.82. The van der Waals surface area contributed by atoms with Gasteiger partial charge in [-0.25, -0.2) is 0 Å². The molecule has 0 spiro atoms. The second-order valence-corrected chi connectivity index (χ2v) is 13.9. The molecule has 0 aromatic rings. The Morgan fingerprint density at radius 1 is 1.07 bits per heavy atom. The van der Waals surface area contributed by atoms with E-state index >= 15 is 0 Å². The Bertz CT molecular complexity index is 901. The van der Waals surface area contributed by atoms with Crippen molar-refractivity contribution in [2.75, 3.05) is 27.3 Å². The molecule has 2 saturated carbocycles. The van der Waals surface area contributed by atoms with Crippen LogP contribution in [0.4, 0.5) is 0 Å². The molecule has 5 atom stereocenters. The Morgan fingerprint density at radius 3 is 2.23 bits per heavy atom. The van der Waals surface area contributed by atoms with Crippen LogP contribution >= 0.6 is 0 Å². The van der Waals surface area contributed by atoms with Gasteiger partial charge in [-0.05, 0) is 54.8 Å². The highest BCUT2D eigenvalue weighted by Gasteiger charge is 2.39. The van der Waals surface area contributed by atoms with Gasteiger partial charge in [0, 0.05) is 37.7 Å². The monoisotopic (exact) mass is 557 g/mol. The van der Waals surface area contributed by atoms with Crippen LogP contribution in [-0.2, 0) is 9.53 Å². The summed E-state index contributed by atoms with van der Waals surface area (Å²) in [7, 11) is 3.88. The highest BCUT2D eigenvalue weighted by atomic mass is 16.5. The first-order chi connectivity index (χ1) is 18.6. The van der Waals surface area contributed by atoms with Crippen molar-refractivity contribution < 1.29 is 9.53 Å². The molecule has 228 valence electrons. The predicted molar refractivity (Wildman–Crippen MR) is 168 cm³/mol. The van der Waals surface area contributed by atoms with Crippen molar-refractivity contribution in [2.45, 2.75) is 97.7 Å². The quantitative estimate of drug-likeness (QED) is 0.152. The molecule has 2 unspecified atom stereocenters. The van der Waals surface area contributed by atoms with Crippen LogP contribution in [0.25, 0.3) is 0 Å². The van der Waals surface area contributed by atoms with E-state index in [0.29, 0.717) is 35.9 Å². The van der Waals surface area contributed by atoms with Gasteiger partial charge >= 0.3 is 0 Å². The van der Waals surface area contributed by atoms with Crippen LogP contribution in [-0.4, -0.2) is 56.2 Å². The van der Waals surface area contributed by atoms with Gasteiger partial charge in [-0.15, -0.1) is 0 Å². The highest BCUT2D eigenvalue weighted by molar-refractivity contribution is 5.92. The summed E-state index contributed by atoms with van der Waals surface area (Å²) in [6.45, 7) is 29.8. The van der Waals surface area contributed by atoms with E-state index in [2.05, 4.69) is 88.8 Å². The lowest BCUT2D eigenvalue weighted by Gasteiger charge is -2.39. The second-order valence-electron chi connectivity index (χ2n) is 13.9. The van der Waals surface area contributed by atoms with Gasteiger partial charge in [0.2, 0.25) is 5.91 Å². The standard InChI is InChI=1S/C33H59N5O2/c1-21(2)15-29(20-40-11)36-25(6)37-31(33(7,8)9)24(5)38(10)19-28-18-27(28)16-22(3)35-30(23(4)32(34)39)17-26-13-12-14-26/h21,26-31,35-37H,3-6,12-20H2,1-2,7-11H3,(H2,34,39)/t27-,28-,29-,30?,31?/m0/s1. The van der Waals surface area contributed by atoms with Gasteiger partial charge in [-0.3, -0.25) is 4.79 Å². The van der Waals surface area contributed by atoms with Crippen molar-refractivity contribution in [3.63, 3.8) is 0 Å². The van der Waals surface area contributed by atoms with Gasteiger partial charge in [-0.2, -0.15) is 0 Å². The summed E-state index contributed by atoms with van der Waals surface area (Å²) in [6, 6.07) is 0.124. The number of carbonyl (C=O) groups excluding carboxylic acids is 1. The number of methoxy groups -OCH3 is 1. The first kappa shape index (κ1) is 33.8. The van der Waals surface area contributed by atoms with Gasteiger partial charge in [0.1, 0.15) is 0 Å². The van der Waals surface area contributed by atoms with Crippen LogP contribution in [0.3, 0.4) is 0 Å². The molecule has 2 aliphatic rings. The van der Waals surface area contributed by atoms with E-state index in [1.807, 2.05) is 0 Å². The number of allylic oxidation sites excluding steroid dienone is 1. The van der Waals surface area contributed by atoms with Crippen molar-refractivity contribution in [3.05, 3.63) is 49.1 Å². The number of nitrogens with one attached hydrogen (secondary N) is 3. The van der Waals surface area contributed by atoms with Crippen molar-refractivity contribution >= 4 is 5.91 Å². The molecule has 0 heterocycles. The topological polar surface area (TPSA) is 91.7 Å². The van der Waals surface area contributed by atoms with E-state index in [-0.39, 0.29) is 23.5 Å². The molecule has 0 radical (unpaired) electrons. The zero-order valence-corrected chi connectivity index (χ0v) is 26.6. The van der Waals surface area contributed by atoms with E-state index in [9.17, 15) is 4.79 Å². The van der Waals surface area contributed by atoms with Crippen LogP contribution in [0, 0.1) is 29.1 Å². The third-order valence-corrected chi connectivity index (χ3v) is 8.51. The Morgan fingerprint density at radius 2 is 1.73 bits per heavy atom. The van der Waals surface area contributed by atoms with Crippen LogP contribution in [0.5, 0.6) is 0 Å². The molecule has 0 aliphatic heterocycles. The summed E-state index contributed by atoms with van der Waals surface area (Å²) in [5, 5.41) is 10.7. The summed E-state index contributed by atoms with van der Waals surface area (Å²) in [5.41, 5.74) is 8.01. The molecule has 2 aliphatic carbocycles. The van der Waals surface area contributed by atoms with Crippen molar-refractivity contribution in [3.8, 4) is 0 Å². The van der Waals surface area contributed by atoms with Crippen LogP contribution in [0.2, 0.25) is 0 Å². The molecule has 7 heteroatoms. The second kappa shape index (κ2) is 15.0. The largest absolute Gasteiger partial charge is 0.383 e. The molecule has 5 N–H and O–H groups in total. The Hall–Kier alpha value is -2.41. The molecule has 0 aromatic carbocycles. The summed E-state index contributed by atoms with van der Waals surface area (Å²) in [5.74, 6) is 2.74. The SMILES string of the molecule is C=C(C[C@H]1C[C@H]1CN(C)C(=C)C(NC(=C)N[C@H](COC)CC(C)C)C(C)(C)C)NC(CC1CCC1)C(=C)C(N)=O. The number of nitrogens with two attached hydrogens (primary N) is 1. The third-order valence-electron chi connectivity index (χ3n) is 8.51. The fraction of sp³-hybridized carbons (Fsp3) is 0.727. The van der Waals surface area contributed by atoms with E-state index in [0.717, 1.165) is 49.4 Å². The molecule has 2 rings (SSSR count). The number of nitrogens with zero attached hydrogens (tertiary/aromatic N) is 1. The smallest absolute Gasteiger partial charge is 0.246 e. The molecule has 0 saturated heterocycles. The van der Waals surface area contributed by atoms with Crippen molar-refractivity contribution in [1.82, 2.24) is 20.9 Å². The molecular formula is C33H59N5O2.